The molecule has 0 aliphatic heterocycles. The van der Waals surface area contributed by atoms with Crippen molar-refractivity contribution >= 4 is 17.6 Å². The number of carbonyl (C=O) groups excluding carboxylic acids is 1. The molecule has 0 atom stereocenters. The first-order valence-electron chi connectivity index (χ1n) is 4.71. The number of hydrogen-bond acceptors (Lipinski definition) is 1. The average molecular weight is 227 g/mol. The van der Waals surface area contributed by atoms with E-state index in [0.29, 0.717) is 6.54 Å². The maximum atomic E-state index is 11.6. The highest BCUT2D eigenvalue weighted by Gasteiger charge is 2.13. The Kier molecular flexibility index (Phi) is 4.43. The van der Waals surface area contributed by atoms with Crippen molar-refractivity contribution in [2.45, 2.75) is 6.54 Å². The molecule has 0 aromatic heterocycles. The Bertz CT molecular complexity index is 314. The molecule has 0 unspecified atom stereocenters. The fourth-order valence-corrected chi connectivity index (χ4v) is 1.43. The summed E-state index contributed by atoms with van der Waals surface area (Å²) in [7, 11) is 3.43. The lowest BCUT2D eigenvalue weighted by atomic mass is 10.2. The van der Waals surface area contributed by atoms with Gasteiger partial charge in [-0.3, -0.25) is 0 Å². The van der Waals surface area contributed by atoms with Crippen molar-refractivity contribution in [1.29, 1.82) is 0 Å². The van der Waals surface area contributed by atoms with Gasteiger partial charge in [0.1, 0.15) is 0 Å². The minimum atomic E-state index is -0.0751. The van der Waals surface area contributed by atoms with E-state index >= 15 is 0 Å². The summed E-state index contributed by atoms with van der Waals surface area (Å²) in [5.41, 5.74) is 1.08. The quantitative estimate of drug-likeness (QED) is 0.574. The molecule has 1 aromatic carbocycles. The van der Waals surface area contributed by atoms with Crippen molar-refractivity contribution in [3.8, 4) is 0 Å². The van der Waals surface area contributed by atoms with Crippen LogP contribution in [0.3, 0.4) is 0 Å². The van der Waals surface area contributed by atoms with E-state index < -0.39 is 0 Å². The van der Waals surface area contributed by atoms with Gasteiger partial charge in [0.2, 0.25) is 0 Å². The van der Waals surface area contributed by atoms with Crippen LogP contribution in [0.25, 0.3) is 0 Å². The van der Waals surface area contributed by atoms with Crippen molar-refractivity contribution < 1.29 is 4.79 Å². The number of hydrogen-bond donors (Lipinski definition) is 0. The minimum Gasteiger partial charge on any atom is -0.331 e. The summed E-state index contributed by atoms with van der Waals surface area (Å²) in [6.45, 7) is 0.543. The number of carbonyl (C=O) groups is 1. The zero-order valence-corrected chi connectivity index (χ0v) is 9.74. The van der Waals surface area contributed by atoms with E-state index in [4.69, 9.17) is 11.6 Å². The molecule has 0 spiro atoms. The number of nitrogens with zero attached hydrogens (tertiary/aromatic N) is 2. The third-order valence-electron chi connectivity index (χ3n) is 2.01. The Balaban J connectivity index is 2.66. The molecule has 1 rings (SSSR count). The van der Waals surface area contributed by atoms with Gasteiger partial charge in [0.05, 0.1) is 6.00 Å². The number of benzene rings is 1. The molecular weight excluding hydrogens is 212 g/mol. The second-order valence-electron chi connectivity index (χ2n) is 3.48. The van der Waals surface area contributed by atoms with Gasteiger partial charge >= 0.3 is 6.03 Å². The first-order chi connectivity index (χ1) is 7.15. The van der Waals surface area contributed by atoms with Gasteiger partial charge < -0.3 is 9.80 Å². The highest BCUT2D eigenvalue weighted by Crippen LogP contribution is 2.06. The van der Waals surface area contributed by atoms with E-state index in [0.717, 1.165) is 5.56 Å². The Hall–Kier alpha value is -1.22. The summed E-state index contributed by atoms with van der Waals surface area (Å²) < 4.78 is 0. The summed E-state index contributed by atoms with van der Waals surface area (Å²) in [5.74, 6) is 0. The van der Waals surface area contributed by atoms with Gasteiger partial charge in [-0.1, -0.05) is 30.3 Å². The Morgan fingerprint density at radius 3 is 2.33 bits per heavy atom. The fraction of sp³-hybridized carbons (Fsp3) is 0.364. The van der Waals surface area contributed by atoms with E-state index in [1.54, 1.807) is 19.0 Å². The van der Waals surface area contributed by atoms with Crippen LogP contribution in [0.4, 0.5) is 4.79 Å². The van der Waals surface area contributed by atoms with Crippen LogP contribution in [0, 0.1) is 0 Å². The maximum absolute atomic E-state index is 11.6. The summed E-state index contributed by atoms with van der Waals surface area (Å²) in [5, 5.41) is 0. The van der Waals surface area contributed by atoms with Gasteiger partial charge in [-0.15, -0.1) is 11.6 Å². The zero-order chi connectivity index (χ0) is 11.3. The normalized spacial score (nSPS) is 9.80. The summed E-state index contributed by atoms with van der Waals surface area (Å²) in [4.78, 5) is 14.7. The zero-order valence-electron chi connectivity index (χ0n) is 8.98. The summed E-state index contributed by atoms with van der Waals surface area (Å²) in [6, 6.07) is 9.91. The smallest absolute Gasteiger partial charge is 0.320 e. The molecule has 0 N–H and O–H groups in total. The highest BCUT2D eigenvalue weighted by atomic mass is 35.5. The first kappa shape index (κ1) is 11.9. The van der Waals surface area contributed by atoms with E-state index in [-0.39, 0.29) is 12.0 Å². The molecule has 0 aliphatic carbocycles. The lowest BCUT2D eigenvalue weighted by molar-refractivity contribution is 0.177. The second kappa shape index (κ2) is 5.61. The molecule has 0 radical (unpaired) electrons. The van der Waals surface area contributed by atoms with Crippen LogP contribution in [-0.4, -0.2) is 35.9 Å². The SMILES string of the molecule is CN(C)C(=O)N(CCl)Cc1ccccc1. The molecule has 15 heavy (non-hydrogen) atoms. The molecule has 0 saturated heterocycles. The van der Waals surface area contributed by atoms with Gasteiger partial charge in [0.15, 0.2) is 0 Å². The van der Waals surface area contributed by atoms with Crippen molar-refractivity contribution in [1.82, 2.24) is 9.80 Å². The maximum Gasteiger partial charge on any atom is 0.320 e. The predicted molar refractivity (Wildman–Crippen MR) is 61.8 cm³/mol. The second-order valence-corrected chi connectivity index (χ2v) is 3.72. The predicted octanol–water partition coefficient (Wildman–Crippen LogP) is 2.37. The topological polar surface area (TPSA) is 23.6 Å². The molecule has 0 bridgehead atoms. The molecule has 0 aliphatic rings. The number of urea groups is 1. The lowest BCUT2D eigenvalue weighted by Gasteiger charge is -2.23. The Labute approximate surface area is 95.2 Å². The number of alkyl halides is 1. The van der Waals surface area contributed by atoms with Crippen molar-refractivity contribution in [3.63, 3.8) is 0 Å². The van der Waals surface area contributed by atoms with E-state index in [1.165, 1.54) is 4.90 Å². The monoisotopic (exact) mass is 226 g/mol. The van der Waals surface area contributed by atoms with E-state index in [2.05, 4.69) is 0 Å². The molecule has 0 heterocycles. The molecule has 3 nitrogen and oxygen atoms in total. The van der Waals surface area contributed by atoms with Gasteiger partial charge in [0.25, 0.3) is 0 Å². The van der Waals surface area contributed by atoms with Crippen LogP contribution < -0.4 is 0 Å². The number of amides is 2. The van der Waals surface area contributed by atoms with Gasteiger partial charge in [-0.25, -0.2) is 4.79 Å². The molecule has 0 saturated carbocycles. The van der Waals surface area contributed by atoms with Crippen LogP contribution >= 0.6 is 11.6 Å². The van der Waals surface area contributed by atoms with Crippen LogP contribution in [0.5, 0.6) is 0 Å². The molecule has 0 fully saturated rings. The molecule has 82 valence electrons. The van der Waals surface area contributed by atoms with Crippen LogP contribution in [0.2, 0.25) is 0 Å². The van der Waals surface area contributed by atoms with Gasteiger partial charge in [-0.05, 0) is 5.56 Å². The molecular formula is C11H15ClN2O. The third kappa shape index (κ3) is 3.44. The van der Waals surface area contributed by atoms with Gasteiger partial charge in [0, 0.05) is 20.6 Å². The van der Waals surface area contributed by atoms with E-state index in [9.17, 15) is 4.79 Å². The summed E-state index contributed by atoms with van der Waals surface area (Å²) >= 11 is 5.73. The fourth-order valence-electron chi connectivity index (χ4n) is 1.25. The van der Waals surface area contributed by atoms with Crippen LogP contribution in [0.1, 0.15) is 5.56 Å². The largest absolute Gasteiger partial charge is 0.331 e. The summed E-state index contributed by atoms with van der Waals surface area (Å²) in [6.07, 6.45) is 0. The highest BCUT2D eigenvalue weighted by molar-refractivity contribution is 6.18. The third-order valence-corrected chi connectivity index (χ3v) is 2.30. The lowest BCUT2D eigenvalue weighted by Crippen LogP contribution is -2.37. The molecule has 2 amide bonds. The van der Waals surface area contributed by atoms with E-state index in [1.807, 2.05) is 30.3 Å². The standard InChI is InChI=1S/C11H15ClN2O/c1-13(2)11(15)14(9-12)8-10-6-4-3-5-7-10/h3-7H,8-9H2,1-2H3. The van der Waals surface area contributed by atoms with Crippen LogP contribution in [0.15, 0.2) is 30.3 Å². The Morgan fingerprint density at radius 1 is 1.27 bits per heavy atom. The minimum absolute atomic E-state index is 0.0751. The molecule has 1 aromatic rings. The molecule has 4 heteroatoms. The average Bonchev–Trinajstić information content (AvgIpc) is 2.26. The Morgan fingerprint density at radius 2 is 1.87 bits per heavy atom. The van der Waals surface area contributed by atoms with Gasteiger partial charge in [-0.2, -0.15) is 0 Å². The number of rotatable bonds is 3. The number of halogens is 1. The van der Waals surface area contributed by atoms with Crippen molar-refractivity contribution in [3.05, 3.63) is 35.9 Å². The first-order valence-corrected chi connectivity index (χ1v) is 5.24. The van der Waals surface area contributed by atoms with Crippen LogP contribution in [-0.2, 0) is 6.54 Å². The van der Waals surface area contributed by atoms with Crippen molar-refractivity contribution in [2.75, 3.05) is 20.1 Å². The van der Waals surface area contributed by atoms with Crippen molar-refractivity contribution in [2.24, 2.45) is 0 Å².